The Morgan fingerprint density at radius 1 is 0.929 bits per heavy atom. The Labute approximate surface area is 86.8 Å². The molecule has 2 aliphatic carbocycles. The van der Waals surface area contributed by atoms with Crippen LogP contribution in [0.25, 0.3) is 0 Å². The monoisotopic (exact) mass is 194 g/mol. The van der Waals surface area contributed by atoms with Gasteiger partial charge in [-0.2, -0.15) is 0 Å². The van der Waals surface area contributed by atoms with Crippen LogP contribution in [0, 0.1) is 11.8 Å². The fourth-order valence-corrected chi connectivity index (χ4v) is 3.91. The molecule has 0 aromatic heterocycles. The van der Waals surface area contributed by atoms with E-state index in [1.54, 1.807) is 0 Å². The lowest BCUT2D eigenvalue weighted by Gasteiger charge is -2.38. The van der Waals surface area contributed by atoms with Crippen LogP contribution in [-0.2, 0) is 0 Å². The van der Waals surface area contributed by atoms with Crippen molar-refractivity contribution in [3.8, 4) is 0 Å². The van der Waals surface area contributed by atoms with Gasteiger partial charge in [-0.25, -0.2) is 0 Å². The van der Waals surface area contributed by atoms with E-state index < -0.39 is 0 Å². The highest BCUT2D eigenvalue weighted by Crippen LogP contribution is 2.46. The number of nitrogens with two attached hydrogens (primary N) is 1. The molecule has 2 nitrogen and oxygen atoms in total. The van der Waals surface area contributed by atoms with Gasteiger partial charge >= 0.3 is 0 Å². The molecular formula is C12H22N2. The summed E-state index contributed by atoms with van der Waals surface area (Å²) in [5.41, 5.74) is 5.94. The lowest BCUT2D eigenvalue weighted by molar-refractivity contribution is 0.111. The van der Waals surface area contributed by atoms with Crippen LogP contribution in [-0.4, -0.2) is 30.1 Å². The quantitative estimate of drug-likeness (QED) is 0.687. The highest BCUT2D eigenvalue weighted by Gasteiger charge is 2.42. The van der Waals surface area contributed by atoms with Gasteiger partial charge in [0.15, 0.2) is 0 Å². The topological polar surface area (TPSA) is 29.3 Å². The van der Waals surface area contributed by atoms with E-state index in [9.17, 15) is 0 Å². The molecule has 3 atom stereocenters. The molecule has 3 fully saturated rings. The minimum absolute atomic E-state index is 0.491. The summed E-state index contributed by atoms with van der Waals surface area (Å²) in [5, 5.41) is 0. The van der Waals surface area contributed by atoms with Gasteiger partial charge in [0.1, 0.15) is 0 Å². The first kappa shape index (κ1) is 9.17. The predicted octanol–water partition coefficient (Wildman–Crippen LogP) is 1.60. The van der Waals surface area contributed by atoms with E-state index in [1.165, 1.54) is 51.6 Å². The maximum absolute atomic E-state index is 5.94. The van der Waals surface area contributed by atoms with Gasteiger partial charge in [-0.05, 0) is 57.0 Å². The number of likely N-dealkylation sites (tertiary alicyclic amines) is 1. The SMILES string of the molecule is NC1CCN(C2CC3CCC2C3)CC1. The van der Waals surface area contributed by atoms with Crippen molar-refractivity contribution in [3.63, 3.8) is 0 Å². The van der Waals surface area contributed by atoms with E-state index in [2.05, 4.69) is 4.90 Å². The molecule has 1 aliphatic heterocycles. The van der Waals surface area contributed by atoms with Gasteiger partial charge in [-0.15, -0.1) is 0 Å². The zero-order valence-corrected chi connectivity index (χ0v) is 8.99. The van der Waals surface area contributed by atoms with E-state index in [0.29, 0.717) is 6.04 Å². The molecule has 3 aliphatic rings. The first-order chi connectivity index (χ1) is 6.83. The summed E-state index contributed by atoms with van der Waals surface area (Å²) in [6, 6.07) is 1.44. The Hall–Kier alpha value is -0.0800. The van der Waals surface area contributed by atoms with Crippen LogP contribution in [0.2, 0.25) is 0 Å². The second-order valence-electron chi connectivity index (χ2n) is 5.62. The second-order valence-corrected chi connectivity index (χ2v) is 5.62. The van der Waals surface area contributed by atoms with Crippen LogP contribution in [0.5, 0.6) is 0 Å². The largest absolute Gasteiger partial charge is 0.328 e. The van der Waals surface area contributed by atoms with Crippen molar-refractivity contribution in [1.29, 1.82) is 0 Å². The molecule has 14 heavy (non-hydrogen) atoms. The van der Waals surface area contributed by atoms with Gasteiger partial charge in [-0.3, -0.25) is 4.90 Å². The predicted molar refractivity (Wildman–Crippen MR) is 58.0 cm³/mol. The molecule has 0 aromatic rings. The zero-order chi connectivity index (χ0) is 9.54. The number of hydrogen-bond acceptors (Lipinski definition) is 2. The number of piperidine rings is 1. The van der Waals surface area contributed by atoms with Crippen molar-refractivity contribution < 1.29 is 0 Å². The molecule has 3 rings (SSSR count). The molecule has 0 amide bonds. The van der Waals surface area contributed by atoms with Crippen LogP contribution < -0.4 is 5.73 Å². The van der Waals surface area contributed by atoms with Crippen molar-refractivity contribution in [2.24, 2.45) is 17.6 Å². The Kier molecular flexibility index (Phi) is 2.29. The minimum Gasteiger partial charge on any atom is -0.328 e. The molecule has 2 heteroatoms. The van der Waals surface area contributed by atoms with E-state index >= 15 is 0 Å². The lowest BCUT2D eigenvalue weighted by atomic mass is 9.92. The van der Waals surface area contributed by atoms with Gasteiger partial charge in [0.05, 0.1) is 0 Å². The molecule has 2 bridgehead atoms. The first-order valence-electron chi connectivity index (χ1n) is 6.32. The molecule has 1 heterocycles. The summed E-state index contributed by atoms with van der Waals surface area (Å²) in [7, 11) is 0. The number of rotatable bonds is 1. The third kappa shape index (κ3) is 1.49. The minimum atomic E-state index is 0.491. The van der Waals surface area contributed by atoms with E-state index in [-0.39, 0.29) is 0 Å². The smallest absolute Gasteiger partial charge is 0.0126 e. The van der Waals surface area contributed by atoms with Crippen LogP contribution in [0.1, 0.15) is 38.5 Å². The number of hydrogen-bond donors (Lipinski definition) is 1. The Morgan fingerprint density at radius 2 is 1.71 bits per heavy atom. The van der Waals surface area contributed by atoms with Crippen molar-refractivity contribution in [2.75, 3.05) is 13.1 Å². The van der Waals surface area contributed by atoms with E-state index in [0.717, 1.165) is 17.9 Å². The zero-order valence-electron chi connectivity index (χ0n) is 8.99. The molecule has 2 N–H and O–H groups in total. The Balaban J connectivity index is 1.61. The van der Waals surface area contributed by atoms with Crippen molar-refractivity contribution >= 4 is 0 Å². The maximum atomic E-state index is 5.94. The Bertz CT molecular complexity index is 208. The van der Waals surface area contributed by atoms with Gasteiger partial charge in [0.25, 0.3) is 0 Å². The van der Waals surface area contributed by atoms with Crippen LogP contribution in [0.3, 0.4) is 0 Å². The molecule has 2 saturated carbocycles. The average molecular weight is 194 g/mol. The highest BCUT2D eigenvalue weighted by molar-refractivity contribution is 4.96. The van der Waals surface area contributed by atoms with Gasteiger partial charge < -0.3 is 5.73 Å². The summed E-state index contributed by atoms with van der Waals surface area (Å²) >= 11 is 0. The van der Waals surface area contributed by atoms with Crippen molar-refractivity contribution in [1.82, 2.24) is 4.90 Å². The summed E-state index contributed by atoms with van der Waals surface area (Å²) < 4.78 is 0. The number of nitrogens with zero attached hydrogens (tertiary/aromatic N) is 1. The molecular weight excluding hydrogens is 172 g/mol. The van der Waals surface area contributed by atoms with E-state index in [1.807, 2.05) is 0 Å². The van der Waals surface area contributed by atoms with Crippen molar-refractivity contribution in [3.05, 3.63) is 0 Å². The van der Waals surface area contributed by atoms with E-state index in [4.69, 9.17) is 5.73 Å². The first-order valence-corrected chi connectivity index (χ1v) is 6.32. The maximum Gasteiger partial charge on any atom is 0.0126 e. The molecule has 3 unspecified atom stereocenters. The molecule has 0 aromatic carbocycles. The standard InChI is InChI=1S/C12H22N2/c13-11-3-5-14(6-4-11)12-8-9-1-2-10(12)7-9/h9-12H,1-8,13H2. The molecule has 80 valence electrons. The van der Waals surface area contributed by atoms with Crippen LogP contribution >= 0.6 is 0 Å². The van der Waals surface area contributed by atoms with Gasteiger partial charge in [0.2, 0.25) is 0 Å². The van der Waals surface area contributed by atoms with Crippen LogP contribution in [0.15, 0.2) is 0 Å². The van der Waals surface area contributed by atoms with Crippen LogP contribution in [0.4, 0.5) is 0 Å². The normalized spacial score (nSPS) is 44.8. The summed E-state index contributed by atoms with van der Waals surface area (Å²) in [6.07, 6.45) is 8.53. The third-order valence-electron chi connectivity index (χ3n) is 4.74. The summed E-state index contributed by atoms with van der Waals surface area (Å²) in [4.78, 5) is 2.74. The lowest BCUT2D eigenvalue weighted by Crippen LogP contribution is -2.46. The summed E-state index contributed by atoms with van der Waals surface area (Å²) in [6.45, 7) is 2.55. The fourth-order valence-electron chi connectivity index (χ4n) is 3.91. The highest BCUT2D eigenvalue weighted by atomic mass is 15.2. The van der Waals surface area contributed by atoms with Crippen molar-refractivity contribution in [2.45, 2.75) is 50.6 Å². The van der Waals surface area contributed by atoms with Gasteiger partial charge in [0, 0.05) is 12.1 Å². The average Bonchev–Trinajstić information content (AvgIpc) is 2.80. The molecule has 0 spiro atoms. The molecule has 0 radical (unpaired) electrons. The molecule has 1 saturated heterocycles. The summed E-state index contributed by atoms with van der Waals surface area (Å²) in [5.74, 6) is 2.13. The Morgan fingerprint density at radius 3 is 2.29 bits per heavy atom. The second kappa shape index (κ2) is 3.49. The fraction of sp³-hybridized carbons (Fsp3) is 1.00. The van der Waals surface area contributed by atoms with Gasteiger partial charge in [-0.1, -0.05) is 6.42 Å². The number of fused-ring (bicyclic) bond motifs is 2. The third-order valence-corrected chi connectivity index (χ3v) is 4.74.